The third-order valence-corrected chi connectivity index (χ3v) is 14.3. The number of amides is 2. The van der Waals surface area contributed by atoms with Crippen LogP contribution in [0.3, 0.4) is 0 Å². The first-order valence-corrected chi connectivity index (χ1v) is 17.2. The normalized spacial score (nSPS) is 23.4. The summed E-state index contributed by atoms with van der Waals surface area (Å²) in [5.74, 6) is -0.891. The van der Waals surface area contributed by atoms with Crippen LogP contribution in [0.25, 0.3) is 43.6 Å². The van der Waals surface area contributed by atoms with E-state index in [0.29, 0.717) is 49.9 Å². The summed E-state index contributed by atoms with van der Waals surface area (Å²) in [6.45, 7) is 10.7. The zero-order valence-electron chi connectivity index (χ0n) is 23.5. The molecule has 2 aliphatic rings. The van der Waals surface area contributed by atoms with Crippen molar-refractivity contribution >= 4 is 75.3 Å². The fourth-order valence-corrected chi connectivity index (χ4v) is 8.05. The quantitative estimate of drug-likeness (QED) is 0.152. The topological polar surface area (TPSA) is 117 Å². The van der Waals surface area contributed by atoms with Gasteiger partial charge < -0.3 is 24.2 Å². The molecule has 1 fully saturated rings. The molecule has 1 unspecified atom stereocenters. The van der Waals surface area contributed by atoms with Crippen molar-refractivity contribution < 1.29 is 24.2 Å². The van der Waals surface area contributed by atoms with Gasteiger partial charge in [0.05, 0.1) is 39.8 Å². The Kier molecular flexibility index (Phi) is 5.63. The minimum Gasteiger partial charge on any atom is -0.411 e. The first-order chi connectivity index (χ1) is 19.3. The number of aliphatic hydroxyl groups is 2. The van der Waals surface area contributed by atoms with Crippen LogP contribution in [0.1, 0.15) is 53.9 Å². The van der Waals surface area contributed by atoms with Crippen molar-refractivity contribution in [1.29, 1.82) is 0 Å². The number of aliphatic hydroxyl groups excluding tert-OH is 2. The summed E-state index contributed by atoms with van der Waals surface area (Å²) in [4.78, 5) is 30.1. The van der Waals surface area contributed by atoms with Crippen molar-refractivity contribution in [2.45, 2.75) is 69.7 Å². The smallest absolute Gasteiger partial charge is 0.259 e. The number of aromatic amines is 1. The van der Waals surface area contributed by atoms with Gasteiger partial charge in [-0.15, -0.1) is 0 Å². The molecule has 2 aromatic heterocycles. The van der Waals surface area contributed by atoms with Crippen molar-refractivity contribution in [3.8, 4) is 0 Å². The van der Waals surface area contributed by atoms with E-state index in [9.17, 15) is 19.8 Å². The van der Waals surface area contributed by atoms with Crippen molar-refractivity contribution in [2.24, 2.45) is 0 Å². The van der Waals surface area contributed by atoms with Crippen molar-refractivity contribution in [3.05, 3.63) is 58.6 Å². The van der Waals surface area contributed by atoms with Crippen LogP contribution in [-0.4, -0.2) is 58.2 Å². The summed E-state index contributed by atoms with van der Waals surface area (Å²) < 4.78 is 8.63. The molecule has 2 amide bonds. The van der Waals surface area contributed by atoms with E-state index in [2.05, 4.69) is 44.2 Å². The zero-order chi connectivity index (χ0) is 29.2. The van der Waals surface area contributed by atoms with Gasteiger partial charge in [-0.2, -0.15) is 0 Å². The number of para-hydroxylation sites is 1. The molecule has 1 saturated carbocycles. The summed E-state index contributed by atoms with van der Waals surface area (Å²) in [6, 6.07) is 12.5. The van der Waals surface area contributed by atoms with Crippen LogP contribution in [0.4, 0.5) is 0 Å². The fourth-order valence-electron chi connectivity index (χ4n) is 6.53. The van der Waals surface area contributed by atoms with Crippen molar-refractivity contribution in [3.63, 3.8) is 0 Å². The number of hydrogen-bond donors (Lipinski definition) is 4. The van der Waals surface area contributed by atoms with Gasteiger partial charge in [-0.05, 0) is 42.8 Å². The SMILES string of the molecule is CC(C)(C)[Si](C)(C)O[C@H]1CC(n2c3cc(Cl)ccc3c3c4c(c5c6ccccc6[nH]c5c32)C(=O)NC4=O)[C@H](O)[C@@H]1O. The molecule has 8 nitrogen and oxygen atoms in total. The molecular weight excluding hydrogens is 558 g/mol. The standard InChI is InChI=1S/C31H32ClN3O5Si/c1-31(2,3)41(4,5)40-20-13-19(27(36)28(20)37)35-18-12-14(32)10-11-16(18)22-24-23(29(38)34-30(24)39)21-15-8-6-7-9-17(15)33-25(21)26(22)35/h6-12,19-20,27-28,33,36-37H,13H2,1-5H3,(H,34,38,39)/t19?,20-,27-,28+/m0/s1. The van der Waals surface area contributed by atoms with Crippen molar-refractivity contribution in [2.75, 3.05) is 0 Å². The molecule has 10 heteroatoms. The second-order valence-corrected chi connectivity index (χ2v) is 18.1. The molecular formula is C31H32ClN3O5Si. The third kappa shape index (κ3) is 3.63. The highest BCUT2D eigenvalue weighted by Crippen LogP contribution is 2.48. The van der Waals surface area contributed by atoms with Crippen LogP contribution in [0.2, 0.25) is 23.2 Å². The molecule has 1 aliphatic carbocycles. The van der Waals surface area contributed by atoms with Crippen LogP contribution < -0.4 is 5.32 Å². The molecule has 0 spiro atoms. The molecule has 5 aromatic rings. The number of aromatic nitrogens is 2. The zero-order valence-corrected chi connectivity index (χ0v) is 25.3. The number of rotatable bonds is 3. The van der Waals surface area contributed by atoms with Gasteiger partial charge in [-0.25, -0.2) is 0 Å². The lowest BCUT2D eigenvalue weighted by Gasteiger charge is -2.39. The Morgan fingerprint density at radius 1 is 0.976 bits per heavy atom. The number of H-pyrrole nitrogens is 1. The van der Waals surface area contributed by atoms with Crippen LogP contribution in [-0.2, 0) is 4.43 Å². The van der Waals surface area contributed by atoms with Crippen LogP contribution in [0.5, 0.6) is 0 Å². The number of nitrogens with zero attached hydrogens (tertiary/aromatic N) is 1. The first-order valence-electron chi connectivity index (χ1n) is 13.9. The Morgan fingerprint density at radius 2 is 1.66 bits per heavy atom. The maximum atomic E-state index is 13.4. The molecule has 0 saturated heterocycles. The van der Waals surface area contributed by atoms with Gasteiger partial charge in [-0.3, -0.25) is 14.9 Å². The lowest BCUT2D eigenvalue weighted by atomic mass is 9.96. The molecule has 0 bridgehead atoms. The summed E-state index contributed by atoms with van der Waals surface area (Å²) in [6.07, 6.45) is -2.44. The van der Waals surface area contributed by atoms with Gasteiger partial charge >= 0.3 is 0 Å². The number of imide groups is 1. The summed E-state index contributed by atoms with van der Waals surface area (Å²) in [5.41, 5.74) is 3.56. The highest BCUT2D eigenvalue weighted by molar-refractivity contribution is 6.74. The fraction of sp³-hybridized carbons (Fsp3) is 0.355. The largest absolute Gasteiger partial charge is 0.411 e. The van der Waals surface area contributed by atoms with E-state index in [1.54, 1.807) is 6.07 Å². The maximum Gasteiger partial charge on any atom is 0.259 e. The Morgan fingerprint density at radius 3 is 2.37 bits per heavy atom. The van der Waals surface area contributed by atoms with E-state index in [-0.39, 0.29) is 5.04 Å². The lowest BCUT2D eigenvalue weighted by molar-refractivity contribution is -0.0199. The average molecular weight is 590 g/mol. The Hall–Kier alpha value is -3.21. The van der Waals surface area contributed by atoms with Gasteiger partial charge in [-0.1, -0.05) is 56.6 Å². The molecule has 3 heterocycles. The van der Waals surface area contributed by atoms with Gasteiger partial charge in [0.2, 0.25) is 0 Å². The number of benzene rings is 3. The van der Waals surface area contributed by atoms with Gasteiger partial charge in [0, 0.05) is 32.1 Å². The van der Waals surface area contributed by atoms with E-state index in [0.717, 1.165) is 16.3 Å². The Balaban J connectivity index is 1.57. The number of nitrogens with one attached hydrogen (secondary N) is 2. The molecule has 1 aliphatic heterocycles. The minimum absolute atomic E-state index is 0.0763. The van der Waals surface area contributed by atoms with Gasteiger partial charge in [0.15, 0.2) is 8.32 Å². The third-order valence-electron chi connectivity index (χ3n) is 9.52. The second-order valence-electron chi connectivity index (χ2n) is 12.9. The Labute approximate surface area is 242 Å². The summed E-state index contributed by atoms with van der Waals surface area (Å²) in [5, 5.41) is 28.6. The van der Waals surface area contributed by atoms with Crippen LogP contribution in [0, 0.1) is 0 Å². The first kappa shape index (κ1) is 26.7. The van der Waals surface area contributed by atoms with E-state index in [1.165, 1.54) is 0 Å². The molecule has 4 atom stereocenters. The van der Waals surface area contributed by atoms with E-state index in [1.807, 2.05) is 41.0 Å². The molecule has 3 aromatic carbocycles. The maximum absolute atomic E-state index is 13.4. The predicted molar refractivity (Wildman–Crippen MR) is 163 cm³/mol. The number of carbonyl (C=O) groups excluding carboxylic acids is 2. The average Bonchev–Trinajstić information content (AvgIpc) is 3.59. The number of halogens is 1. The Bertz CT molecular complexity index is 1950. The number of fused-ring (bicyclic) bond motifs is 10. The van der Waals surface area contributed by atoms with Gasteiger partial charge in [0.1, 0.15) is 12.2 Å². The molecule has 0 radical (unpaired) electrons. The molecule has 41 heavy (non-hydrogen) atoms. The minimum atomic E-state index is -2.27. The monoisotopic (exact) mass is 589 g/mol. The molecule has 4 N–H and O–H groups in total. The van der Waals surface area contributed by atoms with Gasteiger partial charge in [0.25, 0.3) is 11.8 Å². The number of hydrogen-bond acceptors (Lipinski definition) is 5. The molecule has 7 rings (SSSR count). The lowest BCUT2D eigenvalue weighted by Crippen LogP contribution is -2.46. The number of carbonyl (C=O) groups is 2. The highest BCUT2D eigenvalue weighted by atomic mass is 35.5. The second kappa shape index (κ2) is 8.65. The van der Waals surface area contributed by atoms with E-state index in [4.69, 9.17) is 16.0 Å². The highest BCUT2D eigenvalue weighted by Gasteiger charge is 2.49. The predicted octanol–water partition coefficient (Wildman–Crippen LogP) is 6.02. The van der Waals surface area contributed by atoms with Crippen LogP contribution in [0.15, 0.2) is 42.5 Å². The summed E-state index contributed by atoms with van der Waals surface area (Å²) in [7, 11) is -2.27. The van der Waals surface area contributed by atoms with Crippen LogP contribution >= 0.6 is 11.6 Å². The van der Waals surface area contributed by atoms with Crippen molar-refractivity contribution in [1.82, 2.24) is 14.9 Å². The van der Waals surface area contributed by atoms with E-state index < -0.39 is 44.5 Å². The summed E-state index contributed by atoms with van der Waals surface area (Å²) >= 11 is 6.52. The van der Waals surface area contributed by atoms with E-state index >= 15 is 0 Å². The molecule has 212 valence electrons.